The molecule has 1 heterocycles. The van der Waals surface area contributed by atoms with Gasteiger partial charge in [0.2, 0.25) is 0 Å². The van der Waals surface area contributed by atoms with Gasteiger partial charge >= 0.3 is 0 Å². The zero-order valence-electron chi connectivity index (χ0n) is 10.8. The molecule has 0 saturated heterocycles. The smallest absolute Gasteiger partial charge is 0.269 e. The van der Waals surface area contributed by atoms with Crippen molar-refractivity contribution >= 4 is 11.8 Å². The molecule has 0 aromatic carbocycles. The molecule has 1 N–H and O–H groups in total. The number of aromatic nitrogens is 2. The lowest BCUT2D eigenvalue weighted by atomic mass is 10.1. The van der Waals surface area contributed by atoms with Crippen LogP contribution in [-0.4, -0.2) is 29.4 Å². The fraction of sp³-hybridized carbons (Fsp3) is 0.583. The van der Waals surface area contributed by atoms with Crippen LogP contribution in [0.5, 0.6) is 0 Å². The summed E-state index contributed by atoms with van der Waals surface area (Å²) in [6, 6.07) is 1.92. The number of rotatable bonds is 6. The van der Waals surface area contributed by atoms with E-state index in [0.717, 1.165) is 0 Å². The highest BCUT2D eigenvalue weighted by molar-refractivity contribution is 7.99. The van der Waals surface area contributed by atoms with E-state index in [1.54, 1.807) is 7.11 Å². The molecule has 0 aliphatic rings. The molecule has 1 aromatic heterocycles. The number of nitrogens with zero attached hydrogens (tertiary/aromatic N) is 2. The summed E-state index contributed by atoms with van der Waals surface area (Å²) in [5, 5.41) is 9.53. The minimum atomic E-state index is -0.358. The Morgan fingerprint density at radius 3 is 2.83 bits per heavy atom. The van der Waals surface area contributed by atoms with Crippen LogP contribution in [-0.2, 0) is 11.2 Å². The maximum atomic E-state index is 11.7. The maximum absolute atomic E-state index is 11.7. The third-order valence-corrected chi connectivity index (χ3v) is 3.05. The summed E-state index contributed by atoms with van der Waals surface area (Å²) in [7, 11) is 1.62. The molecular formula is C12H17N3O2S. The first-order chi connectivity index (χ1) is 8.58. The number of H-pyrrole nitrogens is 1. The lowest BCUT2D eigenvalue weighted by Crippen LogP contribution is -2.18. The van der Waals surface area contributed by atoms with Crippen LogP contribution in [0.3, 0.4) is 0 Å². The quantitative estimate of drug-likeness (QED) is 0.481. The van der Waals surface area contributed by atoms with E-state index in [1.807, 2.05) is 19.9 Å². The summed E-state index contributed by atoms with van der Waals surface area (Å²) in [5.74, 6) is 1.06. The largest absolute Gasteiger partial charge is 0.384 e. The topological polar surface area (TPSA) is 78.8 Å². The average molecular weight is 267 g/mol. The molecule has 18 heavy (non-hydrogen) atoms. The number of ether oxygens (including phenoxy) is 1. The molecule has 5 nitrogen and oxygen atoms in total. The van der Waals surface area contributed by atoms with Crippen molar-refractivity contribution in [2.75, 3.05) is 19.5 Å². The lowest BCUT2D eigenvalue weighted by Gasteiger charge is -2.07. The van der Waals surface area contributed by atoms with Gasteiger partial charge in [0, 0.05) is 12.9 Å². The van der Waals surface area contributed by atoms with Crippen molar-refractivity contribution in [2.24, 2.45) is 5.92 Å². The highest BCUT2D eigenvalue weighted by Crippen LogP contribution is 2.14. The molecule has 0 bridgehead atoms. The van der Waals surface area contributed by atoms with Crippen LogP contribution < -0.4 is 5.56 Å². The van der Waals surface area contributed by atoms with Gasteiger partial charge in [-0.25, -0.2) is 4.98 Å². The van der Waals surface area contributed by atoms with E-state index in [-0.39, 0.29) is 11.1 Å². The van der Waals surface area contributed by atoms with Crippen LogP contribution in [0.2, 0.25) is 0 Å². The van der Waals surface area contributed by atoms with Crippen molar-refractivity contribution in [2.45, 2.75) is 25.4 Å². The number of thioether (sulfide) groups is 1. The molecule has 0 spiro atoms. The summed E-state index contributed by atoms with van der Waals surface area (Å²) in [6.07, 6.45) is 0.630. The van der Waals surface area contributed by atoms with Gasteiger partial charge in [-0.3, -0.25) is 4.79 Å². The van der Waals surface area contributed by atoms with Crippen LogP contribution in [0.25, 0.3) is 0 Å². The van der Waals surface area contributed by atoms with Gasteiger partial charge in [0.05, 0.1) is 12.3 Å². The Hall–Kier alpha value is -1.32. The molecule has 0 saturated carbocycles. The van der Waals surface area contributed by atoms with Crippen LogP contribution in [0.1, 0.15) is 25.1 Å². The molecule has 0 aliphatic carbocycles. The summed E-state index contributed by atoms with van der Waals surface area (Å²) >= 11 is 1.42. The van der Waals surface area contributed by atoms with E-state index >= 15 is 0 Å². The number of methoxy groups -OCH3 is 1. The third kappa shape index (κ3) is 4.17. The van der Waals surface area contributed by atoms with Gasteiger partial charge in [0.25, 0.3) is 5.56 Å². The van der Waals surface area contributed by atoms with Crippen LogP contribution in [0.4, 0.5) is 0 Å². The third-order valence-electron chi connectivity index (χ3n) is 2.21. The first-order valence-corrected chi connectivity index (χ1v) is 6.72. The van der Waals surface area contributed by atoms with Crippen LogP contribution in [0.15, 0.2) is 9.95 Å². The van der Waals surface area contributed by atoms with Gasteiger partial charge in [-0.1, -0.05) is 25.6 Å². The van der Waals surface area contributed by atoms with E-state index in [4.69, 9.17) is 10.00 Å². The molecule has 0 radical (unpaired) electrons. The highest BCUT2D eigenvalue weighted by atomic mass is 32.2. The summed E-state index contributed by atoms with van der Waals surface area (Å²) in [6.45, 7) is 4.65. The molecule has 1 rings (SSSR count). The molecule has 0 fully saturated rings. The van der Waals surface area contributed by atoms with Gasteiger partial charge in [-0.05, 0) is 12.3 Å². The number of nitrogens with one attached hydrogen (secondary N) is 1. The lowest BCUT2D eigenvalue weighted by molar-refractivity contribution is 0.218. The number of nitriles is 1. The second kappa shape index (κ2) is 7.19. The Morgan fingerprint density at radius 2 is 2.28 bits per heavy atom. The Bertz CT molecular complexity index is 491. The monoisotopic (exact) mass is 267 g/mol. The van der Waals surface area contributed by atoms with Crippen molar-refractivity contribution in [1.82, 2.24) is 9.97 Å². The first kappa shape index (κ1) is 14.7. The van der Waals surface area contributed by atoms with Gasteiger partial charge in [-0.2, -0.15) is 5.26 Å². The standard InChI is InChI=1S/C12H17N3O2S/c1-8(2)6-10-9(7-13)11(16)15-12(14-10)18-5-4-17-3/h8H,4-6H2,1-3H3,(H,14,15,16). The van der Waals surface area contributed by atoms with E-state index in [9.17, 15) is 4.79 Å². The zero-order valence-corrected chi connectivity index (χ0v) is 11.6. The molecule has 0 unspecified atom stereocenters. The first-order valence-electron chi connectivity index (χ1n) is 5.73. The molecular weight excluding hydrogens is 250 g/mol. The average Bonchev–Trinajstić information content (AvgIpc) is 2.28. The minimum absolute atomic E-state index is 0.125. The fourth-order valence-electron chi connectivity index (χ4n) is 1.44. The van der Waals surface area contributed by atoms with Gasteiger partial charge in [0.15, 0.2) is 5.16 Å². The molecule has 6 heteroatoms. The van der Waals surface area contributed by atoms with Crippen LogP contribution >= 0.6 is 11.8 Å². The molecule has 0 amide bonds. The number of hydrogen-bond acceptors (Lipinski definition) is 5. The van der Waals surface area contributed by atoms with Crippen molar-refractivity contribution in [3.63, 3.8) is 0 Å². The normalized spacial score (nSPS) is 10.6. The van der Waals surface area contributed by atoms with E-state index in [2.05, 4.69) is 9.97 Å². The van der Waals surface area contributed by atoms with E-state index in [1.165, 1.54) is 11.8 Å². The van der Waals surface area contributed by atoms with Crippen molar-refractivity contribution in [3.8, 4) is 6.07 Å². The minimum Gasteiger partial charge on any atom is -0.384 e. The molecule has 98 valence electrons. The Labute approximate surface area is 111 Å². The fourth-order valence-corrected chi connectivity index (χ4v) is 2.22. The Morgan fingerprint density at radius 1 is 1.56 bits per heavy atom. The van der Waals surface area contributed by atoms with Crippen molar-refractivity contribution < 1.29 is 4.74 Å². The predicted octanol–water partition coefficient (Wildman–Crippen LogP) is 1.58. The summed E-state index contributed by atoms with van der Waals surface area (Å²) in [4.78, 5) is 18.7. The van der Waals surface area contributed by atoms with Crippen molar-refractivity contribution in [3.05, 3.63) is 21.6 Å². The second-order valence-electron chi connectivity index (χ2n) is 4.24. The number of hydrogen-bond donors (Lipinski definition) is 1. The van der Waals surface area contributed by atoms with Crippen LogP contribution in [0, 0.1) is 17.2 Å². The Balaban J connectivity index is 2.99. The molecule has 0 atom stereocenters. The Kier molecular flexibility index (Phi) is 5.89. The summed E-state index contributed by atoms with van der Waals surface area (Å²) < 4.78 is 4.94. The van der Waals surface area contributed by atoms with Gasteiger partial charge in [-0.15, -0.1) is 0 Å². The maximum Gasteiger partial charge on any atom is 0.269 e. The highest BCUT2D eigenvalue weighted by Gasteiger charge is 2.12. The SMILES string of the molecule is COCCSc1nc(CC(C)C)c(C#N)c(=O)[nH]1. The summed E-state index contributed by atoms with van der Waals surface area (Å²) in [5.41, 5.74) is 0.346. The second-order valence-corrected chi connectivity index (χ2v) is 5.33. The van der Waals surface area contributed by atoms with Crippen molar-refractivity contribution in [1.29, 1.82) is 5.26 Å². The van der Waals surface area contributed by atoms with E-state index in [0.29, 0.717) is 35.5 Å². The molecule has 1 aromatic rings. The predicted molar refractivity (Wildman–Crippen MR) is 70.7 cm³/mol. The van der Waals surface area contributed by atoms with Gasteiger partial charge < -0.3 is 9.72 Å². The molecule has 0 aliphatic heterocycles. The number of aromatic amines is 1. The van der Waals surface area contributed by atoms with E-state index < -0.39 is 0 Å². The zero-order chi connectivity index (χ0) is 13.5. The van der Waals surface area contributed by atoms with Gasteiger partial charge in [0.1, 0.15) is 11.6 Å².